The maximum Gasteiger partial charge on any atom is 0.0540 e. The molecule has 0 radical (unpaired) electrons. The van der Waals surface area contributed by atoms with Gasteiger partial charge in [0.15, 0.2) is 0 Å². The molecule has 1 unspecified atom stereocenters. The van der Waals surface area contributed by atoms with Crippen molar-refractivity contribution in [1.82, 2.24) is 0 Å². The molecule has 1 heterocycles. The van der Waals surface area contributed by atoms with Gasteiger partial charge in [-0.1, -0.05) is 176 Å². The largest absolute Gasteiger partial charge is 0.310 e. The van der Waals surface area contributed by atoms with Gasteiger partial charge < -0.3 is 4.90 Å². The lowest BCUT2D eigenvalue weighted by Gasteiger charge is -2.28. The van der Waals surface area contributed by atoms with E-state index in [0.717, 1.165) is 23.5 Å². The Morgan fingerprint density at radius 2 is 1.04 bits per heavy atom. The molecule has 0 saturated heterocycles. The number of thioether (sulfide) groups is 1. The smallest absolute Gasteiger partial charge is 0.0540 e. The lowest BCUT2D eigenvalue weighted by molar-refractivity contribution is 1.09. The number of hydrogen-bond donors (Lipinski definition) is 0. The third-order valence-corrected chi connectivity index (χ3v) is 13.0. The van der Waals surface area contributed by atoms with E-state index in [0.29, 0.717) is 5.25 Å². The Morgan fingerprint density at radius 1 is 0.429 bits per heavy atom. The molecular weight excluding hydrogens is 695 g/mol. The van der Waals surface area contributed by atoms with Crippen molar-refractivity contribution in [3.8, 4) is 33.4 Å². The van der Waals surface area contributed by atoms with Crippen LogP contribution in [0.15, 0.2) is 211 Å². The first-order valence-electron chi connectivity index (χ1n) is 19.4. The average molecular weight is 732 g/mol. The Balaban J connectivity index is 1.02. The summed E-state index contributed by atoms with van der Waals surface area (Å²) in [4.78, 5) is 3.81. The van der Waals surface area contributed by atoms with E-state index in [4.69, 9.17) is 0 Å². The Hall–Kier alpha value is -6.61. The molecule has 264 valence electrons. The van der Waals surface area contributed by atoms with E-state index >= 15 is 0 Å². The molecule has 56 heavy (non-hydrogen) atoms. The van der Waals surface area contributed by atoms with E-state index < -0.39 is 0 Å². The summed E-state index contributed by atoms with van der Waals surface area (Å²) in [5.41, 5.74) is 13.6. The van der Waals surface area contributed by atoms with Gasteiger partial charge in [-0.2, -0.15) is 0 Å². The molecule has 11 rings (SSSR count). The lowest BCUT2D eigenvalue weighted by Crippen LogP contribution is -2.11. The Kier molecular flexibility index (Phi) is 7.96. The van der Waals surface area contributed by atoms with Gasteiger partial charge in [0.25, 0.3) is 0 Å². The first-order chi connectivity index (χ1) is 27.8. The van der Waals surface area contributed by atoms with Crippen molar-refractivity contribution in [3.63, 3.8) is 0 Å². The maximum absolute atomic E-state index is 2.41. The van der Waals surface area contributed by atoms with Gasteiger partial charge in [-0.3, -0.25) is 0 Å². The number of benzene rings is 9. The second kappa shape index (κ2) is 13.6. The van der Waals surface area contributed by atoms with E-state index in [1.54, 1.807) is 0 Å². The molecule has 1 aliphatic heterocycles. The van der Waals surface area contributed by atoms with E-state index in [1.807, 2.05) is 11.8 Å². The number of para-hydroxylation sites is 1. The van der Waals surface area contributed by atoms with Crippen LogP contribution >= 0.6 is 11.8 Å². The first-order valence-corrected chi connectivity index (χ1v) is 20.3. The quantitative estimate of drug-likeness (QED) is 0.157. The molecule has 1 atom stereocenters. The fraction of sp³-hybridized carbons (Fsp3) is 0.0370. The summed E-state index contributed by atoms with van der Waals surface area (Å²) in [6, 6.07) is 69.1. The number of allylic oxidation sites excluding steroid dienone is 3. The highest BCUT2D eigenvalue weighted by Gasteiger charge is 2.30. The van der Waals surface area contributed by atoms with Gasteiger partial charge in [-0.25, -0.2) is 0 Å². The molecule has 0 bridgehead atoms. The summed E-state index contributed by atoms with van der Waals surface area (Å²) >= 11 is 2.02. The molecule has 2 aliphatic rings. The van der Waals surface area contributed by atoms with Crippen LogP contribution in [-0.2, 0) is 0 Å². The standard InChI is InChI=1S/C54H37NS/c1-2-12-36(13-3-1)44-15-6-8-22-51(44)55(42-33-28-39(29-34-42)46-19-11-21-50-48-17-7-9-23-52(48)56-54(46)50)41-31-26-38(27-32-41)43-18-10-20-49-47(43)35-30-40-25-24-37-14-4-5-16-45(37)53(40)49/h1-22,24-35,52H,23H2. The van der Waals surface area contributed by atoms with Crippen LogP contribution in [0.25, 0.3) is 71.3 Å². The van der Waals surface area contributed by atoms with Gasteiger partial charge in [0.1, 0.15) is 0 Å². The second-order valence-corrected chi connectivity index (χ2v) is 16.0. The Morgan fingerprint density at radius 3 is 1.88 bits per heavy atom. The monoisotopic (exact) mass is 731 g/mol. The zero-order valence-electron chi connectivity index (χ0n) is 30.8. The van der Waals surface area contributed by atoms with Gasteiger partial charge in [0.2, 0.25) is 0 Å². The van der Waals surface area contributed by atoms with Crippen LogP contribution in [0.3, 0.4) is 0 Å². The van der Waals surface area contributed by atoms with Crippen molar-refractivity contribution >= 4 is 66.7 Å². The highest BCUT2D eigenvalue weighted by molar-refractivity contribution is 8.01. The molecule has 2 heteroatoms. The molecular formula is C54H37NS. The predicted octanol–water partition coefficient (Wildman–Crippen LogP) is 15.4. The topological polar surface area (TPSA) is 3.24 Å². The fourth-order valence-electron chi connectivity index (χ4n) is 8.90. The molecule has 0 amide bonds. The molecule has 0 N–H and O–H groups in total. The van der Waals surface area contributed by atoms with E-state index in [9.17, 15) is 0 Å². The maximum atomic E-state index is 2.41. The van der Waals surface area contributed by atoms with E-state index in [-0.39, 0.29) is 0 Å². The number of nitrogens with zero attached hydrogens (tertiary/aromatic N) is 1. The summed E-state index contributed by atoms with van der Waals surface area (Å²) < 4.78 is 0. The molecule has 1 nitrogen and oxygen atoms in total. The van der Waals surface area contributed by atoms with Gasteiger partial charge in [0, 0.05) is 27.1 Å². The third-order valence-electron chi connectivity index (χ3n) is 11.6. The Bertz CT molecular complexity index is 3010. The van der Waals surface area contributed by atoms with Crippen LogP contribution in [0.4, 0.5) is 17.1 Å². The molecule has 9 aromatic carbocycles. The minimum atomic E-state index is 0.511. The van der Waals surface area contributed by atoms with E-state index in [1.165, 1.54) is 81.7 Å². The van der Waals surface area contributed by atoms with E-state index in [2.05, 4.69) is 211 Å². The number of fused-ring (bicyclic) bond motifs is 8. The van der Waals surface area contributed by atoms with Crippen LogP contribution in [0.2, 0.25) is 0 Å². The SMILES string of the molecule is C1=CCC2Sc3c(cccc3-c3ccc(N(c4ccc(-c5cccc6c5ccc5ccc7ccccc7c56)cc4)c4ccccc4-c4ccccc4)cc3)C2=C1. The van der Waals surface area contributed by atoms with Gasteiger partial charge >= 0.3 is 0 Å². The summed E-state index contributed by atoms with van der Waals surface area (Å²) in [6.07, 6.45) is 7.90. The lowest BCUT2D eigenvalue weighted by atomic mass is 9.92. The highest BCUT2D eigenvalue weighted by atomic mass is 32.2. The summed E-state index contributed by atoms with van der Waals surface area (Å²) in [5, 5.41) is 8.22. The molecule has 0 fully saturated rings. The van der Waals surface area contributed by atoms with Crippen molar-refractivity contribution in [2.75, 3.05) is 4.90 Å². The first kappa shape index (κ1) is 32.8. The number of rotatable bonds is 6. The zero-order valence-corrected chi connectivity index (χ0v) is 31.6. The normalized spacial score (nSPS) is 14.5. The second-order valence-electron chi connectivity index (χ2n) is 14.7. The molecule has 0 saturated carbocycles. The molecule has 9 aromatic rings. The third kappa shape index (κ3) is 5.48. The number of anilines is 3. The molecule has 0 aromatic heterocycles. The average Bonchev–Trinajstić information content (AvgIpc) is 3.66. The zero-order chi connectivity index (χ0) is 37.0. The van der Waals surface area contributed by atoms with Gasteiger partial charge in [-0.15, -0.1) is 11.8 Å². The van der Waals surface area contributed by atoms with Crippen LogP contribution < -0.4 is 4.90 Å². The van der Waals surface area contributed by atoms with Gasteiger partial charge in [0.05, 0.1) is 5.69 Å². The predicted molar refractivity (Wildman–Crippen MR) is 241 cm³/mol. The van der Waals surface area contributed by atoms with Gasteiger partial charge in [-0.05, 0) is 108 Å². The van der Waals surface area contributed by atoms with Crippen molar-refractivity contribution in [2.24, 2.45) is 0 Å². The van der Waals surface area contributed by atoms with Crippen molar-refractivity contribution in [2.45, 2.75) is 16.6 Å². The summed E-state index contributed by atoms with van der Waals surface area (Å²) in [6.45, 7) is 0. The van der Waals surface area contributed by atoms with Crippen LogP contribution in [0, 0.1) is 0 Å². The number of hydrogen-bond acceptors (Lipinski definition) is 2. The molecule has 0 spiro atoms. The Labute approximate surface area is 331 Å². The van der Waals surface area contributed by atoms with Crippen molar-refractivity contribution in [3.05, 3.63) is 212 Å². The van der Waals surface area contributed by atoms with Crippen molar-refractivity contribution < 1.29 is 0 Å². The molecule has 1 aliphatic carbocycles. The van der Waals surface area contributed by atoms with Crippen LogP contribution in [0.5, 0.6) is 0 Å². The summed E-state index contributed by atoms with van der Waals surface area (Å²) in [7, 11) is 0. The fourth-order valence-corrected chi connectivity index (χ4v) is 10.3. The minimum absolute atomic E-state index is 0.511. The van der Waals surface area contributed by atoms with Crippen LogP contribution in [0.1, 0.15) is 12.0 Å². The van der Waals surface area contributed by atoms with Crippen molar-refractivity contribution in [1.29, 1.82) is 0 Å². The highest BCUT2D eigenvalue weighted by Crippen LogP contribution is 2.52. The summed E-state index contributed by atoms with van der Waals surface area (Å²) in [5.74, 6) is 0. The van der Waals surface area contributed by atoms with Crippen LogP contribution in [-0.4, -0.2) is 5.25 Å². The minimum Gasteiger partial charge on any atom is -0.310 e.